The van der Waals surface area contributed by atoms with E-state index < -0.39 is 0 Å². The maximum absolute atomic E-state index is 10.4. The largest absolute Gasteiger partial charge is 0.407 e. The molecule has 4 N–H and O–H groups in total. The minimum atomic E-state index is -0.368. The van der Waals surface area contributed by atoms with Gasteiger partial charge in [-0.25, -0.2) is 0 Å². The molecule has 78 valence electrons. The highest BCUT2D eigenvalue weighted by molar-refractivity contribution is 5.74. The number of nitrogens with zero attached hydrogens (tertiary/aromatic N) is 2. The second-order valence-electron chi connectivity index (χ2n) is 2.67. The summed E-state index contributed by atoms with van der Waals surface area (Å²) in [4.78, 5) is 10.4. The lowest BCUT2D eigenvalue weighted by Crippen LogP contribution is -2.15. The summed E-state index contributed by atoms with van der Waals surface area (Å²) >= 11 is 0. The zero-order valence-corrected chi connectivity index (χ0v) is 7.91. The Morgan fingerprint density at radius 2 is 2.36 bits per heavy atom. The third kappa shape index (κ3) is 3.40. The monoisotopic (exact) mass is 199 g/mol. The Labute approximate surface area is 81.1 Å². The molecule has 1 heterocycles. The van der Waals surface area contributed by atoms with E-state index in [-0.39, 0.29) is 12.3 Å². The number of anilines is 1. The molecule has 1 rings (SSSR count). The maximum Gasteiger partial charge on any atom is 0.315 e. The predicted molar refractivity (Wildman–Crippen MR) is 49.4 cm³/mol. The Kier molecular flexibility index (Phi) is 3.86. The molecule has 7 nitrogen and oxygen atoms in total. The van der Waals surface area contributed by atoms with Crippen LogP contribution in [0.1, 0.15) is 12.3 Å². The summed E-state index contributed by atoms with van der Waals surface area (Å²) in [7, 11) is 1.78. The van der Waals surface area contributed by atoms with Crippen molar-refractivity contribution in [2.24, 2.45) is 5.73 Å². The van der Waals surface area contributed by atoms with Crippen LogP contribution < -0.4 is 16.4 Å². The number of carbonyl (C=O) groups is 1. The smallest absolute Gasteiger partial charge is 0.315 e. The summed E-state index contributed by atoms with van der Waals surface area (Å²) in [6.07, 6.45) is 0.240. The van der Waals surface area contributed by atoms with E-state index in [0.29, 0.717) is 25.0 Å². The van der Waals surface area contributed by atoms with Gasteiger partial charge in [0.1, 0.15) is 0 Å². The molecule has 14 heavy (non-hydrogen) atoms. The van der Waals surface area contributed by atoms with E-state index in [4.69, 9.17) is 10.2 Å². The number of carbonyl (C=O) groups excluding carboxylic acids is 1. The van der Waals surface area contributed by atoms with Gasteiger partial charge < -0.3 is 20.8 Å². The number of amides is 1. The molecule has 0 saturated heterocycles. The normalized spacial score (nSPS) is 10.1. The molecule has 7 heteroatoms. The summed E-state index contributed by atoms with van der Waals surface area (Å²) in [6, 6.07) is 0.302. The Morgan fingerprint density at radius 1 is 1.57 bits per heavy atom. The van der Waals surface area contributed by atoms with Crippen LogP contribution in [0.4, 0.5) is 6.01 Å². The van der Waals surface area contributed by atoms with Crippen LogP contribution in [-0.2, 0) is 11.3 Å². The third-order valence-corrected chi connectivity index (χ3v) is 1.44. The molecule has 1 amide bonds. The Bertz CT molecular complexity index is 298. The molecular formula is C7H13N5O2. The van der Waals surface area contributed by atoms with E-state index >= 15 is 0 Å². The van der Waals surface area contributed by atoms with Crippen LogP contribution in [0.25, 0.3) is 0 Å². The fourth-order valence-electron chi connectivity index (χ4n) is 0.840. The van der Waals surface area contributed by atoms with Crippen molar-refractivity contribution in [2.45, 2.75) is 13.0 Å². The summed E-state index contributed by atoms with van der Waals surface area (Å²) in [5.74, 6) is 0.126. The van der Waals surface area contributed by atoms with Crippen molar-refractivity contribution in [1.82, 2.24) is 15.5 Å². The van der Waals surface area contributed by atoms with E-state index in [2.05, 4.69) is 20.8 Å². The average Bonchev–Trinajstić information content (AvgIpc) is 2.53. The summed E-state index contributed by atoms with van der Waals surface area (Å²) < 4.78 is 5.16. The Balaban J connectivity index is 2.32. The van der Waals surface area contributed by atoms with Gasteiger partial charge in [0.2, 0.25) is 11.8 Å². The van der Waals surface area contributed by atoms with Crippen molar-refractivity contribution in [3.8, 4) is 0 Å². The van der Waals surface area contributed by atoms with Crippen LogP contribution in [0, 0.1) is 0 Å². The van der Waals surface area contributed by atoms with Gasteiger partial charge in [0, 0.05) is 13.0 Å². The molecule has 0 spiro atoms. The van der Waals surface area contributed by atoms with E-state index in [1.54, 1.807) is 7.05 Å². The summed E-state index contributed by atoms with van der Waals surface area (Å²) in [6.45, 7) is 0.918. The minimum absolute atomic E-state index is 0.240. The molecular weight excluding hydrogens is 186 g/mol. The van der Waals surface area contributed by atoms with Crippen molar-refractivity contribution in [3.05, 3.63) is 5.89 Å². The fourth-order valence-corrected chi connectivity index (χ4v) is 0.840. The number of hydrogen-bond donors (Lipinski definition) is 3. The van der Waals surface area contributed by atoms with Gasteiger partial charge in [-0.15, -0.1) is 5.10 Å². The van der Waals surface area contributed by atoms with Crippen LogP contribution in [-0.4, -0.2) is 29.7 Å². The molecule has 0 saturated carbocycles. The van der Waals surface area contributed by atoms with Crippen LogP contribution in [0.2, 0.25) is 0 Å². The van der Waals surface area contributed by atoms with Gasteiger partial charge in [0.25, 0.3) is 0 Å². The number of nitrogens with two attached hydrogens (primary N) is 1. The predicted octanol–water partition coefficient (Wildman–Crippen LogP) is -0.924. The molecule has 0 aromatic carbocycles. The average molecular weight is 199 g/mol. The maximum atomic E-state index is 10.4. The molecule has 0 aliphatic rings. The van der Waals surface area contributed by atoms with E-state index in [9.17, 15) is 4.79 Å². The first-order valence-corrected chi connectivity index (χ1v) is 4.21. The molecule has 1 aromatic rings. The molecule has 0 unspecified atom stereocenters. The van der Waals surface area contributed by atoms with Crippen molar-refractivity contribution < 1.29 is 9.21 Å². The lowest BCUT2D eigenvalue weighted by atomic mass is 10.4. The van der Waals surface area contributed by atoms with Gasteiger partial charge >= 0.3 is 6.01 Å². The lowest BCUT2D eigenvalue weighted by molar-refractivity contribution is -0.117. The molecule has 0 fully saturated rings. The molecule has 0 bridgehead atoms. The van der Waals surface area contributed by atoms with Crippen molar-refractivity contribution in [2.75, 3.05) is 18.9 Å². The van der Waals surface area contributed by atoms with Gasteiger partial charge in [-0.2, -0.15) is 0 Å². The summed E-state index contributed by atoms with van der Waals surface area (Å²) in [5.41, 5.74) is 4.95. The molecule has 0 aliphatic heterocycles. The lowest BCUT2D eigenvalue weighted by Gasteiger charge is -1.96. The molecule has 1 aromatic heterocycles. The Morgan fingerprint density at radius 3 is 3.00 bits per heavy atom. The van der Waals surface area contributed by atoms with Crippen LogP contribution in [0.3, 0.4) is 0 Å². The minimum Gasteiger partial charge on any atom is -0.407 e. The van der Waals surface area contributed by atoms with Gasteiger partial charge in [-0.1, -0.05) is 5.10 Å². The zero-order valence-electron chi connectivity index (χ0n) is 7.91. The first-order chi connectivity index (χ1) is 6.72. The van der Waals surface area contributed by atoms with Crippen LogP contribution in [0.5, 0.6) is 0 Å². The second kappa shape index (κ2) is 5.18. The number of aromatic nitrogens is 2. The number of hydrogen-bond acceptors (Lipinski definition) is 6. The highest BCUT2D eigenvalue weighted by Gasteiger charge is 2.03. The Hall–Kier alpha value is -1.63. The van der Waals surface area contributed by atoms with Gasteiger partial charge in [-0.05, 0) is 7.05 Å². The van der Waals surface area contributed by atoms with Crippen molar-refractivity contribution in [1.29, 1.82) is 0 Å². The first-order valence-electron chi connectivity index (χ1n) is 4.21. The van der Waals surface area contributed by atoms with E-state index in [0.717, 1.165) is 0 Å². The zero-order chi connectivity index (χ0) is 10.4. The number of primary amides is 1. The van der Waals surface area contributed by atoms with Gasteiger partial charge in [0.15, 0.2) is 0 Å². The van der Waals surface area contributed by atoms with Crippen molar-refractivity contribution >= 4 is 11.9 Å². The third-order valence-electron chi connectivity index (χ3n) is 1.44. The van der Waals surface area contributed by atoms with Crippen molar-refractivity contribution in [3.63, 3.8) is 0 Å². The SMILES string of the molecule is CNCc1nnc(NCCC(N)=O)o1. The van der Waals surface area contributed by atoms with Gasteiger partial charge in [-0.3, -0.25) is 4.79 Å². The first kappa shape index (κ1) is 10.5. The quantitative estimate of drug-likeness (QED) is 0.547. The van der Waals surface area contributed by atoms with E-state index in [1.807, 2.05) is 0 Å². The second-order valence-corrected chi connectivity index (χ2v) is 2.67. The molecule has 0 aliphatic carbocycles. The number of nitrogens with one attached hydrogen (secondary N) is 2. The highest BCUT2D eigenvalue weighted by Crippen LogP contribution is 2.04. The number of rotatable bonds is 6. The molecule has 0 radical (unpaired) electrons. The standard InChI is InChI=1S/C7H13N5O2/c1-9-4-6-11-12-7(14-6)10-3-2-5(8)13/h9H,2-4H2,1H3,(H2,8,13)(H,10,12). The summed E-state index contributed by atoms with van der Waals surface area (Å²) in [5, 5.41) is 13.1. The fraction of sp³-hybridized carbons (Fsp3) is 0.571. The van der Waals surface area contributed by atoms with Crippen LogP contribution in [0.15, 0.2) is 4.42 Å². The van der Waals surface area contributed by atoms with Gasteiger partial charge in [0.05, 0.1) is 6.54 Å². The molecule has 0 atom stereocenters. The van der Waals surface area contributed by atoms with E-state index in [1.165, 1.54) is 0 Å². The van der Waals surface area contributed by atoms with Crippen LogP contribution >= 0.6 is 0 Å². The highest BCUT2D eigenvalue weighted by atomic mass is 16.4. The topological polar surface area (TPSA) is 106 Å².